The minimum absolute atomic E-state index is 0.346. The van der Waals surface area contributed by atoms with Gasteiger partial charge in [-0.1, -0.05) is 49.7 Å². The van der Waals surface area contributed by atoms with Crippen LogP contribution in [0.1, 0.15) is 42.4 Å². The molecule has 0 aliphatic heterocycles. The van der Waals surface area contributed by atoms with Gasteiger partial charge in [0.1, 0.15) is 11.0 Å². The molecule has 0 atom stereocenters. The summed E-state index contributed by atoms with van der Waals surface area (Å²) in [6, 6.07) is 8.59. The van der Waals surface area contributed by atoms with Crippen molar-refractivity contribution in [2.75, 3.05) is 0 Å². The first-order valence-corrected chi connectivity index (χ1v) is 8.50. The van der Waals surface area contributed by atoms with Crippen LogP contribution in [0.25, 0.3) is 0 Å². The molecular formula is C17H18BrClN2. The summed E-state index contributed by atoms with van der Waals surface area (Å²) in [7, 11) is 0. The van der Waals surface area contributed by atoms with Gasteiger partial charge in [-0.05, 0) is 52.2 Å². The van der Waals surface area contributed by atoms with Crippen LogP contribution in [-0.4, -0.2) is 9.97 Å². The lowest BCUT2D eigenvalue weighted by molar-refractivity contribution is 0.613. The van der Waals surface area contributed by atoms with Crippen molar-refractivity contribution in [1.29, 1.82) is 0 Å². The molecule has 2 nitrogen and oxygen atoms in total. The lowest BCUT2D eigenvalue weighted by Gasteiger charge is -2.13. The van der Waals surface area contributed by atoms with Gasteiger partial charge in [0.2, 0.25) is 0 Å². The van der Waals surface area contributed by atoms with E-state index < -0.39 is 0 Å². The normalized spacial score (nSPS) is 14.7. The number of hydrogen-bond acceptors (Lipinski definition) is 2. The molecule has 1 heterocycles. The maximum Gasteiger partial charge on any atom is 0.147 e. The molecule has 0 amide bonds. The van der Waals surface area contributed by atoms with Gasteiger partial charge in [0.15, 0.2) is 0 Å². The Hall–Kier alpha value is -0.930. The van der Waals surface area contributed by atoms with Crippen LogP contribution in [0, 0.1) is 5.92 Å². The van der Waals surface area contributed by atoms with E-state index in [0.717, 1.165) is 35.3 Å². The van der Waals surface area contributed by atoms with Crippen molar-refractivity contribution in [1.82, 2.24) is 9.97 Å². The summed E-state index contributed by atoms with van der Waals surface area (Å²) in [6.45, 7) is 4.38. The van der Waals surface area contributed by atoms with E-state index in [2.05, 4.69) is 59.0 Å². The van der Waals surface area contributed by atoms with Gasteiger partial charge >= 0.3 is 0 Å². The zero-order chi connectivity index (χ0) is 15.0. The van der Waals surface area contributed by atoms with Crippen molar-refractivity contribution in [2.24, 2.45) is 5.92 Å². The Kier molecular flexibility index (Phi) is 4.32. The molecule has 0 unspecified atom stereocenters. The first-order valence-electron chi connectivity index (χ1n) is 7.33. The molecule has 0 radical (unpaired) electrons. The minimum atomic E-state index is 0.346. The number of rotatable bonds is 3. The third kappa shape index (κ3) is 3.14. The first-order chi connectivity index (χ1) is 10.0. The van der Waals surface area contributed by atoms with Crippen LogP contribution in [0.3, 0.4) is 0 Å². The molecule has 0 N–H and O–H groups in total. The average Bonchev–Trinajstić information content (AvgIpc) is 2.87. The van der Waals surface area contributed by atoms with Crippen molar-refractivity contribution < 1.29 is 0 Å². The van der Waals surface area contributed by atoms with E-state index in [1.54, 1.807) is 0 Å². The molecule has 1 aromatic carbocycles. The highest BCUT2D eigenvalue weighted by atomic mass is 79.9. The van der Waals surface area contributed by atoms with Crippen LogP contribution in [-0.2, 0) is 19.3 Å². The van der Waals surface area contributed by atoms with Gasteiger partial charge in [-0.25, -0.2) is 9.97 Å². The second kappa shape index (κ2) is 6.05. The molecule has 1 aromatic heterocycles. The predicted molar refractivity (Wildman–Crippen MR) is 89.9 cm³/mol. The average molecular weight is 366 g/mol. The van der Waals surface area contributed by atoms with Crippen LogP contribution in [0.5, 0.6) is 0 Å². The highest BCUT2D eigenvalue weighted by molar-refractivity contribution is 9.10. The van der Waals surface area contributed by atoms with Crippen molar-refractivity contribution >= 4 is 27.5 Å². The molecule has 3 rings (SSSR count). The summed E-state index contributed by atoms with van der Waals surface area (Å²) < 4.78 is 0.845. The number of hydrogen-bond donors (Lipinski definition) is 0. The van der Waals surface area contributed by atoms with Crippen molar-refractivity contribution in [3.63, 3.8) is 0 Å². The molecule has 21 heavy (non-hydrogen) atoms. The SMILES string of the molecule is CC(C)Cc1nc(C2Cc3ccccc3C2)nc(Cl)c1Br. The summed E-state index contributed by atoms with van der Waals surface area (Å²) in [5.41, 5.74) is 3.85. The van der Waals surface area contributed by atoms with Gasteiger partial charge < -0.3 is 0 Å². The van der Waals surface area contributed by atoms with E-state index in [4.69, 9.17) is 16.6 Å². The van der Waals surface area contributed by atoms with Gasteiger partial charge in [-0.3, -0.25) is 0 Å². The topological polar surface area (TPSA) is 25.8 Å². The van der Waals surface area contributed by atoms with E-state index in [1.807, 2.05) is 0 Å². The van der Waals surface area contributed by atoms with Crippen LogP contribution in [0.2, 0.25) is 5.15 Å². The summed E-state index contributed by atoms with van der Waals surface area (Å²) in [6.07, 6.45) is 2.93. The molecule has 0 spiro atoms. The lowest BCUT2D eigenvalue weighted by atomic mass is 10.0. The maximum absolute atomic E-state index is 6.29. The highest BCUT2D eigenvalue weighted by Crippen LogP contribution is 2.34. The van der Waals surface area contributed by atoms with Crippen LogP contribution in [0.15, 0.2) is 28.7 Å². The van der Waals surface area contributed by atoms with E-state index in [9.17, 15) is 0 Å². The fraction of sp³-hybridized carbons (Fsp3) is 0.412. The standard InChI is InChI=1S/C17H18BrClN2/c1-10(2)7-14-15(18)16(19)21-17(20-14)13-8-11-5-3-4-6-12(11)9-13/h3-6,10,13H,7-9H2,1-2H3. The Bertz CT molecular complexity index is 645. The largest absolute Gasteiger partial charge is 0.236 e. The number of nitrogens with zero attached hydrogens (tertiary/aromatic N) is 2. The van der Waals surface area contributed by atoms with Gasteiger partial charge in [0.25, 0.3) is 0 Å². The third-order valence-electron chi connectivity index (χ3n) is 3.91. The molecule has 110 valence electrons. The summed E-state index contributed by atoms with van der Waals surface area (Å²) >= 11 is 9.82. The van der Waals surface area contributed by atoms with Crippen LogP contribution < -0.4 is 0 Å². The van der Waals surface area contributed by atoms with Gasteiger partial charge in [-0.15, -0.1) is 0 Å². The Balaban J connectivity index is 1.92. The summed E-state index contributed by atoms with van der Waals surface area (Å²) in [5, 5.41) is 0.534. The molecule has 0 fully saturated rings. The molecule has 1 aliphatic rings. The third-order valence-corrected chi connectivity index (χ3v) is 5.25. The smallest absolute Gasteiger partial charge is 0.147 e. The number of halogens is 2. The fourth-order valence-electron chi connectivity index (χ4n) is 2.93. The minimum Gasteiger partial charge on any atom is -0.236 e. The van der Waals surface area contributed by atoms with Crippen molar-refractivity contribution in [2.45, 2.75) is 39.0 Å². The van der Waals surface area contributed by atoms with Gasteiger partial charge in [0, 0.05) is 5.92 Å². The second-order valence-electron chi connectivity index (χ2n) is 6.11. The number of benzene rings is 1. The Morgan fingerprint density at radius 1 is 1.19 bits per heavy atom. The van der Waals surface area contributed by atoms with E-state index in [-0.39, 0.29) is 0 Å². The van der Waals surface area contributed by atoms with Crippen molar-refractivity contribution in [3.05, 3.63) is 56.5 Å². The van der Waals surface area contributed by atoms with E-state index in [1.165, 1.54) is 11.1 Å². The Morgan fingerprint density at radius 3 is 2.38 bits per heavy atom. The molecular weight excluding hydrogens is 348 g/mol. The number of aromatic nitrogens is 2. The molecule has 2 aromatic rings. The zero-order valence-electron chi connectivity index (χ0n) is 12.2. The van der Waals surface area contributed by atoms with E-state index in [0.29, 0.717) is 17.0 Å². The first kappa shape index (κ1) is 15.0. The maximum atomic E-state index is 6.29. The molecule has 0 bridgehead atoms. The molecule has 0 saturated heterocycles. The second-order valence-corrected chi connectivity index (χ2v) is 7.26. The Labute approximate surface area is 139 Å². The molecule has 1 aliphatic carbocycles. The summed E-state index contributed by atoms with van der Waals surface area (Å²) in [4.78, 5) is 9.31. The lowest BCUT2D eigenvalue weighted by Crippen LogP contribution is -2.09. The van der Waals surface area contributed by atoms with E-state index >= 15 is 0 Å². The predicted octanol–water partition coefficient (Wildman–Crippen LogP) is 4.97. The molecule has 0 saturated carbocycles. The fourth-order valence-corrected chi connectivity index (χ4v) is 3.46. The van der Waals surface area contributed by atoms with Crippen molar-refractivity contribution in [3.8, 4) is 0 Å². The van der Waals surface area contributed by atoms with Crippen LogP contribution in [0.4, 0.5) is 0 Å². The highest BCUT2D eigenvalue weighted by Gasteiger charge is 2.26. The molecule has 4 heteroatoms. The van der Waals surface area contributed by atoms with Crippen LogP contribution >= 0.6 is 27.5 Å². The number of fused-ring (bicyclic) bond motifs is 1. The zero-order valence-corrected chi connectivity index (χ0v) is 14.6. The Morgan fingerprint density at radius 2 is 1.81 bits per heavy atom. The monoisotopic (exact) mass is 364 g/mol. The van der Waals surface area contributed by atoms with Gasteiger partial charge in [0.05, 0.1) is 10.2 Å². The quantitative estimate of drug-likeness (QED) is 0.717. The van der Waals surface area contributed by atoms with Gasteiger partial charge in [-0.2, -0.15) is 0 Å². The summed E-state index contributed by atoms with van der Waals surface area (Å²) in [5.74, 6) is 1.77.